The summed E-state index contributed by atoms with van der Waals surface area (Å²) in [5.74, 6) is 0.868. The molecule has 1 aromatic heterocycles. The summed E-state index contributed by atoms with van der Waals surface area (Å²) in [7, 11) is 0. The Balaban J connectivity index is 1.73. The Kier molecular flexibility index (Phi) is 3.71. The van der Waals surface area contributed by atoms with Gasteiger partial charge in [0, 0.05) is 13.1 Å². The van der Waals surface area contributed by atoms with Gasteiger partial charge in [0.2, 0.25) is 0 Å². The lowest BCUT2D eigenvalue weighted by Crippen LogP contribution is -2.22. The smallest absolute Gasteiger partial charge is 0.259 e. The maximum atomic E-state index is 9.49. The molecule has 2 aromatic rings. The molecule has 7 heteroatoms. The van der Waals surface area contributed by atoms with Crippen LogP contribution in [-0.4, -0.2) is 50.6 Å². The molecule has 0 bridgehead atoms. The van der Waals surface area contributed by atoms with Crippen LogP contribution in [0.15, 0.2) is 28.8 Å². The molecule has 1 aliphatic rings. The van der Waals surface area contributed by atoms with Crippen molar-refractivity contribution in [3.05, 3.63) is 35.1 Å². The van der Waals surface area contributed by atoms with Crippen LogP contribution < -0.4 is 0 Å². The van der Waals surface area contributed by atoms with Crippen molar-refractivity contribution in [3.8, 4) is 11.5 Å². The van der Waals surface area contributed by atoms with Gasteiger partial charge in [0.25, 0.3) is 5.89 Å². The number of β-amino-alcohol motifs (C(OH)–C–C–N with tert-alkyl or cyclic N) is 2. The Bertz CT molecular complexity index is 594. The summed E-state index contributed by atoms with van der Waals surface area (Å²) < 4.78 is 5.20. The SMILES string of the molecule is OC1CN(Cc2noc(-c3ccccc3Cl)n2)CC1O. The van der Waals surface area contributed by atoms with Crippen LogP contribution in [0.25, 0.3) is 11.5 Å². The fourth-order valence-electron chi connectivity index (χ4n) is 2.24. The maximum Gasteiger partial charge on any atom is 0.259 e. The number of nitrogens with zero attached hydrogens (tertiary/aromatic N) is 3. The lowest BCUT2D eigenvalue weighted by molar-refractivity contribution is 0.0572. The zero-order chi connectivity index (χ0) is 14.1. The van der Waals surface area contributed by atoms with Crippen LogP contribution in [0.3, 0.4) is 0 Å². The highest BCUT2D eigenvalue weighted by atomic mass is 35.5. The van der Waals surface area contributed by atoms with E-state index in [9.17, 15) is 10.2 Å². The van der Waals surface area contributed by atoms with E-state index in [0.29, 0.717) is 41.9 Å². The Morgan fingerprint density at radius 2 is 1.95 bits per heavy atom. The maximum absolute atomic E-state index is 9.49. The summed E-state index contributed by atoms with van der Waals surface area (Å²) in [5.41, 5.74) is 0.689. The van der Waals surface area contributed by atoms with Crippen LogP contribution in [0, 0.1) is 0 Å². The van der Waals surface area contributed by atoms with Crippen LogP contribution in [0.1, 0.15) is 5.82 Å². The molecule has 0 radical (unpaired) electrons. The molecule has 106 valence electrons. The van der Waals surface area contributed by atoms with Gasteiger partial charge in [0.1, 0.15) is 0 Å². The summed E-state index contributed by atoms with van der Waals surface area (Å²) in [6.45, 7) is 1.22. The van der Waals surface area contributed by atoms with Gasteiger partial charge in [-0.15, -0.1) is 0 Å². The highest BCUT2D eigenvalue weighted by molar-refractivity contribution is 6.33. The molecule has 1 aromatic carbocycles. The van der Waals surface area contributed by atoms with Gasteiger partial charge in [-0.05, 0) is 12.1 Å². The summed E-state index contributed by atoms with van der Waals surface area (Å²) in [6, 6.07) is 7.24. The van der Waals surface area contributed by atoms with E-state index in [1.165, 1.54) is 0 Å². The molecular formula is C13H14ClN3O3. The number of hydrogen-bond donors (Lipinski definition) is 2. The zero-order valence-corrected chi connectivity index (χ0v) is 11.4. The van der Waals surface area contributed by atoms with Crippen LogP contribution in [0.4, 0.5) is 0 Å². The van der Waals surface area contributed by atoms with Gasteiger partial charge in [-0.25, -0.2) is 0 Å². The van der Waals surface area contributed by atoms with Crippen molar-refractivity contribution in [2.45, 2.75) is 18.8 Å². The van der Waals surface area contributed by atoms with Crippen molar-refractivity contribution < 1.29 is 14.7 Å². The molecule has 0 aliphatic carbocycles. The third-order valence-electron chi connectivity index (χ3n) is 3.27. The molecule has 2 atom stereocenters. The van der Waals surface area contributed by atoms with E-state index in [-0.39, 0.29) is 0 Å². The van der Waals surface area contributed by atoms with Crippen molar-refractivity contribution in [1.29, 1.82) is 0 Å². The predicted molar refractivity (Wildman–Crippen MR) is 72.0 cm³/mol. The molecule has 1 fully saturated rings. The van der Waals surface area contributed by atoms with E-state index < -0.39 is 12.2 Å². The van der Waals surface area contributed by atoms with Gasteiger partial charge in [-0.1, -0.05) is 28.9 Å². The fraction of sp³-hybridized carbons (Fsp3) is 0.385. The molecular weight excluding hydrogens is 282 g/mol. The van der Waals surface area contributed by atoms with Crippen molar-refractivity contribution in [1.82, 2.24) is 15.0 Å². The molecule has 1 aliphatic heterocycles. The van der Waals surface area contributed by atoms with Crippen LogP contribution in [0.5, 0.6) is 0 Å². The second-order valence-corrected chi connectivity index (χ2v) is 5.23. The van der Waals surface area contributed by atoms with Crippen LogP contribution in [-0.2, 0) is 6.54 Å². The van der Waals surface area contributed by atoms with E-state index in [4.69, 9.17) is 16.1 Å². The van der Waals surface area contributed by atoms with E-state index >= 15 is 0 Å². The molecule has 2 unspecified atom stereocenters. The Morgan fingerprint density at radius 3 is 2.65 bits per heavy atom. The van der Waals surface area contributed by atoms with Crippen LogP contribution >= 0.6 is 11.6 Å². The van der Waals surface area contributed by atoms with E-state index in [1.807, 2.05) is 23.1 Å². The fourth-order valence-corrected chi connectivity index (χ4v) is 2.45. The number of likely N-dealkylation sites (tertiary alicyclic amines) is 1. The largest absolute Gasteiger partial charge is 0.389 e. The van der Waals surface area contributed by atoms with E-state index in [1.54, 1.807) is 6.07 Å². The number of rotatable bonds is 3. The first-order valence-electron chi connectivity index (χ1n) is 6.29. The molecule has 3 rings (SSSR count). The number of benzene rings is 1. The monoisotopic (exact) mass is 295 g/mol. The quantitative estimate of drug-likeness (QED) is 0.876. The van der Waals surface area contributed by atoms with Gasteiger partial charge in [0.15, 0.2) is 5.82 Å². The summed E-state index contributed by atoms with van der Waals surface area (Å²) in [4.78, 5) is 6.16. The number of hydrogen-bond acceptors (Lipinski definition) is 6. The van der Waals surface area contributed by atoms with E-state index in [0.717, 1.165) is 0 Å². The molecule has 6 nitrogen and oxygen atoms in total. The Hall–Kier alpha value is -1.47. The normalized spacial score (nSPS) is 23.4. The van der Waals surface area contributed by atoms with Gasteiger partial charge < -0.3 is 14.7 Å². The van der Waals surface area contributed by atoms with Crippen molar-refractivity contribution in [2.24, 2.45) is 0 Å². The van der Waals surface area contributed by atoms with Gasteiger partial charge in [-0.3, -0.25) is 4.90 Å². The second kappa shape index (κ2) is 5.49. The Labute approximate surface area is 120 Å². The highest BCUT2D eigenvalue weighted by Crippen LogP contribution is 2.26. The lowest BCUT2D eigenvalue weighted by Gasteiger charge is -2.10. The van der Waals surface area contributed by atoms with Crippen molar-refractivity contribution >= 4 is 11.6 Å². The predicted octanol–water partition coefficient (Wildman–Crippen LogP) is 0.927. The minimum Gasteiger partial charge on any atom is -0.389 e. The first-order valence-corrected chi connectivity index (χ1v) is 6.67. The third kappa shape index (κ3) is 2.69. The first kappa shape index (κ1) is 13.5. The molecule has 2 N–H and O–H groups in total. The number of halogens is 1. The van der Waals surface area contributed by atoms with Crippen LogP contribution in [0.2, 0.25) is 5.02 Å². The standard InChI is InChI=1S/C13H14ClN3O3/c14-9-4-2-1-3-8(9)13-15-12(16-20-13)7-17-5-10(18)11(19)6-17/h1-4,10-11,18-19H,5-7H2. The molecule has 0 saturated carbocycles. The molecule has 20 heavy (non-hydrogen) atoms. The molecule has 2 heterocycles. The average molecular weight is 296 g/mol. The molecule has 0 spiro atoms. The highest BCUT2D eigenvalue weighted by Gasteiger charge is 2.30. The van der Waals surface area contributed by atoms with Gasteiger partial charge in [-0.2, -0.15) is 4.98 Å². The number of aliphatic hydroxyl groups is 2. The number of aromatic nitrogens is 2. The van der Waals surface area contributed by atoms with Crippen molar-refractivity contribution in [3.63, 3.8) is 0 Å². The summed E-state index contributed by atoms with van der Waals surface area (Å²) >= 11 is 6.07. The average Bonchev–Trinajstić information content (AvgIpc) is 2.98. The van der Waals surface area contributed by atoms with Gasteiger partial charge >= 0.3 is 0 Å². The number of aliphatic hydroxyl groups excluding tert-OH is 2. The minimum absolute atomic E-state index is 0.367. The van der Waals surface area contributed by atoms with E-state index in [2.05, 4.69) is 10.1 Å². The Morgan fingerprint density at radius 1 is 1.25 bits per heavy atom. The zero-order valence-electron chi connectivity index (χ0n) is 10.6. The second-order valence-electron chi connectivity index (χ2n) is 4.82. The molecule has 0 amide bonds. The first-order chi connectivity index (χ1) is 9.63. The topological polar surface area (TPSA) is 82.6 Å². The minimum atomic E-state index is -0.718. The third-order valence-corrected chi connectivity index (χ3v) is 3.60. The van der Waals surface area contributed by atoms with Crippen molar-refractivity contribution in [2.75, 3.05) is 13.1 Å². The summed E-state index contributed by atoms with van der Waals surface area (Å²) in [5, 5.41) is 23.4. The lowest BCUT2D eigenvalue weighted by atomic mass is 10.2. The summed E-state index contributed by atoms with van der Waals surface area (Å²) in [6.07, 6.45) is -1.44. The van der Waals surface area contributed by atoms with Gasteiger partial charge in [0.05, 0.1) is 29.3 Å². The molecule has 1 saturated heterocycles.